The topological polar surface area (TPSA) is 66.4 Å². The smallest absolute Gasteiger partial charge is 0.773 e. The molecule has 0 N–H and O–H groups in total. The third-order valence-corrected chi connectivity index (χ3v) is 6.11. The van der Waals surface area contributed by atoms with Crippen LogP contribution in [0, 0.1) is 0 Å². The first kappa shape index (κ1) is 29.0. The molecule has 0 saturated heterocycles. The van der Waals surface area contributed by atoms with Crippen LogP contribution < -0.4 is 34.5 Å². The van der Waals surface area contributed by atoms with Crippen molar-refractivity contribution in [1.29, 1.82) is 0 Å². The van der Waals surface area contributed by atoms with Crippen molar-refractivity contribution >= 4 is 13.1 Å². The summed E-state index contributed by atoms with van der Waals surface area (Å²) in [6.45, 7) is 2.26. The van der Waals surface area contributed by atoms with Gasteiger partial charge in [0.1, 0.15) is 0 Å². The second kappa shape index (κ2) is 20.6. The van der Waals surface area contributed by atoms with Gasteiger partial charge in [0.25, 0.3) is 0 Å². The standard InChI is InChI=1S/C20H41O4P.Na/c1-3-4-5-6-7-8-9-10-11-12-13-14-15-16-17-18-19-20(21)25(22,23)24-2;/h3-19H2,1-2H3,(H,22,23);/q;+1/p-1. The van der Waals surface area contributed by atoms with Gasteiger partial charge < -0.3 is 14.0 Å². The van der Waals surface area contributed by atoms with E-state index >= 15 is 0 Å². The first-order chi connectivity index (χ1) is 12.0. The molecule has 1 atom stereocenters. The molecule has 26 heavy (non-hydrogen) atoms. The average Bonchev–Trinajstić information content (AvgIpc) is 2.61. The van der Waals surface area contributed by atoms with Crippen LogP contribution in [0.1, 0.15) is 116 Å². The summed E-state index contributed by atoms with van der Waals surface area (Å²) in [5.41, 5.74) is -0.764. The van der Waals surface area contributed by atoms with Crippen molar-refractivity contribution in [2.45, 2.75) is 116 Å². The van der Waals surface area contributed by atoms with E-state index in [4.69, 9.17) is 0 Å². The minimum atomic E-state index is -4.24. The van der Waals surface area contributed by atoms with Gasteiger partial charge in [-0.3, -0.25) is 4.79 Å². The molecule has 0 heterocycles. The van der Waals surface area contributed by atoms with E-state index in [-0.39, 0.29) is 36.0 Å². The zero-order chi connectivity index (χ0) is 18.8. The molecule has 0 fully saturated rings. The fraction of sp³-hybridized carbons (Fsp3) is 0.950. The Kier molecular flexibility index (Phi) is 22.9. The Hall–Kier alpha value is 0.820. The molecular formula is C20H40NaO4P. The largest absolute Gasteiger partial charge is 1.00 e. The van der Waals surface area contributed by atoms with E-state index < -0.39 is 13.1 Å². The summed E-state index contributed by atoms with van der Waals surface area (Å²) >= 11 is 0. The predicted octanol–water partition coefficient (Wildman–Crippen LogP) is 3.37. The molecule has 1 unspecified atom stereocenters. The molecule has 0 amide bonds. The van der Waals surface area contributed by atoms with Crippen molar-refractivity contribution in [2.75, 3.05) is 7.11 Å². The average molecular weight is 398 g/mol. The van der Waals surface area contributed by atoms with Crippen LogP contribution in [0.2, 0.25) is 0 Å². The van der Waals surface area contributed by atoms with E-state index in [0.29, 0.717) is 6.42 Å². The Bertz CT molecular complexity index is 364. The zero-order valence-corrected chi connectivity index (χ0v) is 20.5. The Labute approximate surface area is 184 Å². The molecule has 0 aliphatic rings. The van der Waals surface area contributed by atoms with Crippen molar-refractivity contribution in [3.8, 4) is 0 Å². The van der Waals surface area contributed by atoms with Gasteiger partial charge >= 0.3 is 29.6 Å². The van der Waals surface area contributed by atoms with Crippen LogP contribution in [-0.4, -0.2) is 12.6 Å². The summed E-state index contributed by atoms with van der Waals surface area (Å²) in [6.07, 6.45) is 20.3. The second-order valence-corrected chi connectivity index (χ2v) is 8.99. The van der Waals surface area contributed by atoms with E-state index in [1.54, 1.807) is 0 Å². The number of hydrogen-bond donors (Lipinski definition) is 0. The van der Waals surface area contributed by atoms with Crippen molar-refractivity contribution in [3.63, 3.8) is 0 Å². The van der Waals surface area contributed by atoms with Crippen LogP contribution in [0.5, 0.6) is 0 Å². The SMILES string of the molecule is CCCCCCCCCCCCCCCCCCC(=O)P(=O)([O-])OC.[Na+]. The van der Waals surface area contributed by atoms with Crippen molar-refractivity contribution in [1.82, 2.24) is 0 Å². The van der Waals surface area contributed by atoms with Gasteiger partial charge in [-0.05, 0) is 6.42 Å². The van der Waals surface area contributed by atoms with Gasteiger partial charge in [-0.25, -0.2) is 0 Å². The Morgan fingerprint density at radius 3 is 1.35 bits per heavy atom. The number of carbonyl (C=O) groups is 1. The third-order valence-electron chi connectivity index (χ3n) is 4.79. The minimum absolute atomic E-state index is 0. The third kappa shape index (κ3) is 18.2. The van der Waals surface area contributed by atoms with E-state index in [9.17, 15) is 14.3 Å². The Morgan fingerprint density at radius 2 is 1.04 bits per heavy atom. The first-order valence-electron chi connectivity index (χ1n) is 10.4. The van der Waals surface area contributed by atoms with Gasteiger partial charge in [0.2, 0.25) is 5.52 Å². The number of unbranched alkanes of at least 4 members (excludes halogenated alkanes) is 15. The molecule has 0 radical (unpaired) electrons. The van der Waals surface area contributed by atoms with Gasteiger partial charge in [-0.15, -0.1) is 0 Å². The van der Waals surface area contributed by atoms with Crippen LogP contribution in [-0.2, 0) is 13.9 Å². The second-order valence-electron chi connectivity index (χ2n) is 7.13. The monoisotopic (exact) mass is 398 g/mol. The Balaban J connectivity index is 0. The predicted molar refractivity (Wildman–Crippen MR) is 104 cm³/mol. The molecule has 150 valence electrons. The fourth-order valence-corrected chi connectivity index (χ4v) is 3.70. The molecule has 0 rings (SSSR count). The molecule has 0 spiro atoms. The summed E-state index contributed by atoms with van der Waals surface area (Å²) < 4.78 is 15.4. The molecule has 0 aliphatic heterocycles. The fourth-order valence-electron chi connectivity index (χ4n) is 3.06. The molecule has 0 bridgehead atoms. The van der Waals surface area contributed by atoms with Crippen molar-refractivity contribution < 1.29 is 48.3 Å². The summed E-state index contributed by atoms with van der Waals surface area (Å²) in [6, 6.07) is 0. The van der Waals surface area contributed by atoms with Gasteiger partial charge in [0.05, 0.1) is 0 Å². The molecule has 4 nitrogen and oxygen atoms in total. The van der Waals surface area contributed by atoms with Crippen LogP contribution in [0.4, 0.5) is 0 Å². The molecule has 0 saturated carbocycles. The molecule has 0 aromatic heterocycles. The van der Waals surface area contributed by atoms with E-state index in [1.165, 1.54) is 83.5 Å². The van der Waals surface area contributed by atoms with Crippen molar-refractivity contribution in [3.05, 3.63) is 0 Å². The van der Waals surface area contributed by atoms with E-state index in [1.807, 2.05) is 0 Å². The summed E-state index contributed by atoms with van der Waals surface area (Å²) in [5.74, 6) is 0. The van der Waals surface area contributed by atoms with E-state index in [0.717, 1.165) is 20.0 Å². The molecular weight excluding hydrogens is 358 g/mol. The zero-order valence-electron chi connectivity index (χ0n) is 17.6. The molecule has 0 aliphatic carbocycles. The maximum atomic E-state index is 11.3. The van der Waals surface area contributed by atoms with E-state index in [2.05, 4.69) is 11.4 Å². The van der Waals surface area contributed by atoms with Crippen LogP contribution >= 0.6 is 7.60 Å². The molecule has 0 aromatic rings. The maximum absolute atomic E-state index is 11.3. The maximum Gasteiger partial charge on any atom is 1.00 e. The van der Waals surface area contributed by atoms with Gasteiger partial charge in [0, 0.05) is 13.5 Å². The Morgan fingerprint density at radius 1 is 0.731 bits per heavy atom. The summed E-state index contributed by atoms with van der Waals surface area (Å²) in [7, 11) is -3.20. The van der Waals surface area contributed by atoms with Gasteiger partial charge in [-0.2, -0.15) is 0 Å². The number of carbonyl (C=O) groups excluding carboxylic acids is 1. The normalized spacial score (nSPS) is 13.2. The van der Waals surface area contributed by atoms with Crippen LogP contribution in [0.15, 0.2) is 0 Å². The van der Waals surface area contributed by atoms with Crippen molar-refractivity contribution in [2.24, 2.45) is 0 Å². The van der Waals surface area contributed by atoms with Crippen LogP contribution in [0.3, 0.4) is 0 Å². The molecule has 6 heteroatoms. The summed E-state index contributed by atoms with van der Waals surface area (Å²) in [4.78, 5) is 22.5. The van der Waals surface area contributed by atoms with Gasteiger partial charge in [0.15, 0.2) is 7.60 Å². The number of rotatable bonds is 19. The van der Waals surface area contributed by atoms with Crippen LogP contribution in [0.25, 0.3) is 0 Å². The van der Waals surface area contributed by atoms with Gasteiger partial charge in [-0.1, -0.05) is 103 Å². The number of hydrogen-bond acceptors (Lipinski definition) is 4. The minimum Gasteiger partial charge on any atom is -0.773 e. The quantitative estimate of drug-likeness (QED) is 0.190. The first-order valence-corrected chi connectivity index (χ1v) is 12.0. The molecule has 0 aromatic carbocycles. The summed E-state index contributed by atoms with van der Waals surface area (Å²) in [5, 5.41) is 0.